The van der Waals surface area contributed by atoms with Gasteiger partial charge in [-0.15, -0.1) is 0 Å². The minimum absolute atomic E-state index is 0.177. The summed E-state index contributed by atoms with van der Waals surface area (Å²) in [5.74, 6) is 0. The molecule has 18 heavy (non-hydrogen) atoms. The van der Waals surface area contributed by atoms with Crippen molar-refractivity contribution in [2.24, 2.45) is 0 Å². The topological polar surface area (TPSA) is 31.2 Å². The third kappa shape index (κ3) is 2.89. The van der Waals surface area contributed by atoms with Crippen LogP contribution in [0.4, 0.5) is 13.2 Å². The van der Waals surface area contributed by atoms with E-state index in [1.54, 1.807) is 35.0 Å². The third-order valence-corrected chi connectivity index (χ3v) is 2.43. The summed E-state index contributed by atoms with van der Waals surface area (Å²) in [4.78, 5) is 10.6. The predicted molar refractivity (Wildman–Crippen MR) is 59.3 cm³/mol. The molecule has 2 rings (SSSR count). The van der Waals surface area contributed by atoms with Crippen molar-refractivity contribution in [2.45, 2.75) is 12.9 Å². The van der Waals surface area contributed by atoms with Crippen LogP contribution in [0.15, 0.2) is 30.5 Å². The van der Waals surface area contributed by atoms with Gasteiger partial charge in [-0.25, -0.2) is 0 Å². The summed E-state index contributed by atoms with van der Waals surface area (Å²) >= 11 is 0. The largest absolute Gasteiger partial charge is 0.411 e. The zero-order chi connectivity index (χ0) is 13.2. The molecule has 0 aliphatic heterocycles. The van der Waals surface area contributed by atoms with E-state index in [2.05, 4.69) is 4.74 Å². The van der Waals surface area contributed by atoms with Gasteiger partial charge in [0.1, 0.15) is 19.6 Å². The lowest BCUT2D eigenvalue weighted by atomic mass is 10.2. The van der Waals surface area contributed by atoms with Crippen molar-refractivity contribution in [3.63, 3.8) is 0 Å². The number of halogens is 3. The zero-order valence-corrected chi connectivity index (χ0v) is 9.28. The number of carbonyl (C=O) groups excluding carboxylic acids is 1. The zero-order valence-electron chi connectivity index (χ0n) is 9.28. The first-order chi connectivity index (χ1) is 8.49. The molecule has 2 aromatic rings. The molecule has 0 aliphatic rings. The Morgan fingerprint density at radius 2 is 2.06 bits per heavy atom. The molecule has 1 heterocycles. The molecular weight excluding hydrogens is 247 g/mol. The van der Waals surface area contributed by atoms with E-state index in [1.807, 2.05) is 0 Å². The Balaban J connectivity index is 2.12. The number of carbonyl (C=O) groups is 1. The minimum atomic E-state index is -4.33. The molecular formula is C12H10F3NO2. The molecule has 0 bridgehead atoms. The number of aromatic nitrogens is 1. The molecule has 0 fully saturated rings. The van der Waals surface area contributed by atoms with Gasteiger partial charge in [-0.3, -0.25) is 4.79 Å². The van der Waals surface area contributed by atoms with Crippen LogP contribution in [0, 0.1) is 0 Å². The number of ether oxygens (including phenoxy) is 1. The number of fused-ring (bicyclic) bond motifs is 1. The maximum absolute atomic E-state index is 11.9. The monoisotopic (exact) mass is 257 g/mol. The van der Waals surface area contributed by atoms with Gasteiger partial charge >= 0.3 is 6.18 Å². The van der Waals surface area contributed by atoms with Crippen molar-refractivity contribution in [2.75, 3.05) is 6.61 Å². The lowest BCUT2D eigenvalue weighted by molar-refractivity contribution is -0.181. The number of aldehydes is 1. The summed E-state index contributed by atoms with van der Waals surface area (Å²) in [7, 11) is 0. The van der Waals surface area contributed by atoms with E-state index < -0.39 is 12.8 Å². The summed E-state index contributed by atoms with van der Waals surface area (Å²) in [5, 5.41) is 0.787. The summed E-state index contributed by atoms with van der Waals surface area (Å²) < 4.78 is 41.9. The maximum atomic E-state index is 11.9. The first kappa shape index (κ1) is 12.6. The van der Waals surface area contributed by atoms with Crippen molar-refractivity contribution in [3.8, 4) is 0 Å². The Labute approximate surface area is 101 Å². The van der Waals surface area contributed by atoms with Crippen molar-refractivity contribution in [1.82, 2.24) is 4.57 Å². The molecule has 3 nitrogen and oxygen atoms in total. The molecule has 1 aromatic carbocycles. The molecule has 0 amide bonds. The summed E-state index contributed by atoms with van der Waals surface area (Å²) in [6.45, 7) is -1.46. The molecule has 0 unspecified atom stereocenters. The number of hydrogen-bond acceptors (Lipinski definition) is 2. The van der Waals surface area contributed by atoms with Gasteiger partial charge in [0.05, 0.1) is 5.52 Å². The smallest absolute Gasteiger partial charge is 0.351 e. The van der Waals surface area contributed by atoms with Gasteiger partial charge in [-0.1, -0.05) is 0 Å². The van der Waals surface area contributed by atoms with Gasteiger partial charge in [0.2, 0.25) is 0 Å². The number of alkyl halides is 3. The number of nitrogens with zero attached hydrogens (tertiary/aromatic N) is 1. The molecule has 0 radical (unpaired) electrons. The summed E-state index contributed by atoms with van der Waals surface area (Å²) in [5.41, 5.74) is 1.25. The van der Waals surface area contributed by atoms with Crippen LogP contribution in [0.2, 0.25) is 0 Å². The summed E-state index contributed by atoms with van der Waals surface area (Å²) in [6, 6.07) is 6.67. The van der Waals surface area contributed by atoms with Crippen LogP contribution in [0.25, 0.3) is 10.9 Å². The third-order valence-electron chi connectivity index (χ3n) is 2.43. The average molecular weight is 257 g/mol. The quantitative estimate of drug-likeness (QED) is 0.788. The minimum Gasteiger partial charge on any atom is -0.351 e. The number of benzene rings is 1. The van der Waals surface area contributed by atoms with E-state index in [4.69, 9.17) is 0 Å². The van der Waals surface area contributed by atoms with E-state index >= 15 is 0 Å². The lowest BCUT2D eigenvalue weighted by Gasteiger charge is -2.09. The van der Waals surface area contributed by atoms with Gasteiger partial charge in [-0.05, 0) is 24.3 Å². The molecule has 6 heteroatoms. The molecule has 96 valence electrons. The maximum Gasteiger partial charge on any atom is 0.411 e. The van der Waals surface area contributed by atoms with Gasteiger partial charge in [0, 0.05) is 17.1 Å². The van der Waals surface area contributed by atoms with Crippen LogP contribution in [-0.2, 0) is 11.5 Å². The van der Waals surface area contributed by atoms with Crippen LogP contribution in [0.1, 0.15) is 10.4 Å². The average Bonchev–Trinajstić information content (AvgIpc) is 2.70. The Hall–Kier alpha value is -1.82. The lowest BCUT2D eigenvalue weighted by Crippen LogP contribution is -2.18. The first-order valence-electron chi connectivity index (χ1n) is 5.18. The summed E-state index contributed by atoms with van der Waals surface area (Å²) in [6.07, 6.45) is -1.99. The fourth-order valence-electron chi connectivity index (χ4n) is 1.66. The molecule has 0 saturated heterocycles. The fraction of sp³-hybridized carbons (Fsp3) is 0.250. The second kappa shape index (κ2) is 4.81. The molecule has 0 saturated carbocycles. The van der Waals surface area contributed by atoms with Crippen LogP contribution in [0.5, 0.6) is 0 Å². The Bertz CT molecular complexity index is 560. The van der Waals surface area contributed by atoms with Crippen molar-refractivity contribution < 1.29 is 22.7 Å². The normalized spacial score (nSPS) is 11.9. The fourth-order valence-corrected chi connectivity index (χ4v) is 1.66. The van der Waals surface area contributed by atoms with E-state index in [0.717, 1.165) is 17.2 Å². The van der Waals surface area contributed by atoms with Crippen LogP contribution >= 0.6 is 0 Å². The van der Waals surface area contributed by atoms with Gasteiger partial charge in [0.25, 0.3) is 0 Å². The SMILES string of the molecule is O=Cc1ccc2c(ccn2COCC(F)(F)F)c1. The van der Waals surface area contributed by atoms with Crippen LogP contribution < -0.4 is 0 Å². The predicted octanol–water partition coefficient (Wildman–Crippen LogP) is 2.99. The van der Waals surface area contributed by atoms with Gasteiger partial charge in [0.15, 0.2) is 0 Å². The highest BCUT2D eigenvalue weighted by Gasteiger charge is 2.27. The standard InChI is InChI=1S/C12H10F3NO2/c13-12(14,15)7-18-8-16-4-3-10-5-9(6-17)1-2-11(10)16/h1-6H,7-8H2. The van der Waals surface area contributed by atoms with Gasteiger partial charge < -0.3 is 9.30 Å². The van der Waals surface area contributed by atoms with Crippen molar-refractivity contribution >= 4 is 17.2 Å². The Kier molecular flexibility index (Phi) is 3.38. The Morgan fingerprint density at radius 3 is 2.72 bits per heavy atom. The Morgan fingerprint density at radius 1 is 1.28 bits per heavy atom. The highest BCUT2D eigenvalue weighted by Crippen LogP contribution is 2.18. The molecule has 0 N–H and O–H groups in total. The van der Waals surface area contributed by atoms with Crippen molar-refractivity contribution in [3.05, 3.63) is 36.0 Å². The molecule has 0 spiro atoms. The van der Waals surface area contributed by atoms with Crippen LogP contribution in [0.3, 0.4) is 0 Å². The second-order valence-electron chi connectivity index (χ2n) is 3.81. The molecule has 0 atom stereocenters. The highest BCUT2D eigenvalue weighted by molar-refractivity contribution is 5.87. The van der Waals surface area contributed by atoms with E-state index in [1.165, 1.54) is 0 Å². The number of rotatable bonds is 4. The van der Waals surface area contributed by atoms with Crippen LogP contribution in [-0.4, -0.2) is 23.6 Å². The molecule has 1 aromatic heterocycles. The molecule has 0 aliphatic carbocycles. The van der Waals surface area contributed by atoms with E-state index in [9.17, 15) is 18.0 Å². The van der Waals surface area contributed by atoms with Gasteiger partial charge in [-0.2, -0.15) is 13.2 Å². The number of hydrogen-bond donors (Lipinski definition) is 0. The first-order valence-corrected chi connectivity index (χ1v) is 5.18. The second-order valence-corrected chi connectivity index (χ2v) is 3.81. The highest BCUT2D eigenvalue weighted by atomic mass is 19.4. The van der Waals surface area contributed by atoms with Crippen molar-refractivity contribution in [1.29, 1.82) is 0 Å². The van der Waals surface area contributed by atoms with E-state index in [0.29, 0.717) is 5.56 Å². The van der Waals surface area contributed by atoms with E-state index in [-0.39, 0.29) is 6.73 Å².